The van der Waals surface area contributed by atoms with Gasteiger partial charge in [-0.1, -0.05) is 6.92 Å². The number of non-ortho nitro benzene ring substituents is 1. The van der Waals surface area contributed by atoms with Gasteiger partial charge >= 0.3 is 5.97 Å². The second-order valence-corrected chi connectivity index (χ2v) is 4.25. The van der Waals surface area contributed by atoms with Crippen molar-refractivity contribution in [1.82, 2.24) is 5.32 Å². The second-order valence-electron chi connectivity index (χ2n) is 4.25. The van der Waals surface area contributed by atoms with Crippen LogP contribution in [0.1, 0.15) is 13.3 Å². The van der Waals surface area contributed by atoms with E-state index in [1.54, 1.807) is 0 Å². The number of ether oxygens (including phenoxy) is 2. The van der Waals surface area contributed by atoms with Crippen LogP contribution in [0.4, 0.5) is 5.69 Å². The van der Waals surface area contributed by atoms with Crippen LogP contribution in [-0.2, 0) is 4.79 Å². The summed E-state index contributed by atoms with van der Waals surface area (Å²) in [7, 11) is 1.36. The number of methoxy groups -OCH3 is 1. The normalized spacial score (nSPS) is 11.7. The van der Waals surface area contributed by atoms with Crippen LogP contribution in [0, 0.1) is 10.1 Å². The van der Waals surface area contributed by atoms with Gasteiger partial charge in [-0.15, -0.1) is 0 Å². The number of rotatable bonds is 9. The molecule has 8 heteroatoms. The van der Waals surface area contributed by atoms with Crippen LogP contribution in [0.5, 0.6) is 11.5 Å². The Kier molecular flexibility index (Phi) is 6.41. The van der Waals surface area contributed by atoms with E-state index in [9.17, 15) is 14.9 Å². The van der Waals surface area contributed by atoms with E-state index in [0.29, 0.717) is 6.54 Å². The summed E-state index contributed by atoms with van der Waals surface area (Å²) in [5, 5.41) is 22.6. The Labute approximate surface area is 121 Å². The van der Waals surface area contributed by atoms with E-state index in [-0.39, 0.29) is 23.8 Å². The maximum Gasteiger partial charge on any atom is 0.324 e. The number of carboxylic acids is 1. The van der Waals surface area contributed by atoms with E-state index in [1.807, 2.05) is 6.92 Å². The number of hydrogen-bond acceptors (Lipinski definition) is 6. The van der Waals surface area contributed by atoms with Crippen molar-refractivity contribution in [2.24, 2.45) is 0 Å². The molecule has 0 aliphatic carbocycles. The Morgan fingerprint density at radius 3 is 2.71 bits per heavy atom. The van der Waals surface area contributed by atoms with Crippen molar-refractivity contribution in [2.75, 3.05) is 20.3 Å². The number of carbonyl (C=O) groups is 1. The lowest BCUT2D eigenvalue weighted by molar-refractivity contribution is -0.385. The highest BCUT2D eigenvalue weighted by Gasteiger charge is 2.19. The summed E-state index contributed by atoms with van der Waals surface area (Å²) in [6.45, 7) is 2.37. The fourth-order valence-electron chi connectivity index (χ4n) is 1.60. The van der Waals surface area contributed by atoms with Gasteiger partial charge in [-0.05, 0) is 19.0 Å². The van der Waals surface area contributed by atoms with Gasteiger partial charge < -0.3 is 19.9 Å². The lowest BCUT2D eigenvalue weighted by atomic mass is 10.2. The summed E-state index contributed by atoms with van der Waals surface area (Å²) < 4.78 is 10.4. The molecule has 0 heterocycles. The standard InChI is InChI=1S/C13H18N2O6/c1-3-6-14-10(13(16)17)8-21-11-5-4-9(15(18)19)7-12(11)20-2/h4-5,7,10,14H,3,6,8H2,1-2H3,(H,16,17). The van der Waals surface area contributed by atoms with Crippen molar-refractivity contribution in [3.05, 3.63) is 28.3 Å². The highest BCUT2D eigenvalue weighted by Crippen LogP contribution is 2.31. The lowest BCUT2D eigenvalue weighted by Crippen LogP contribution is -2.41. The molecular formula is C13H18N2O6. The summed E-state index contributed by atoms with van der Waals surface area (Å²) in [4.78, 5) is 21.2. The summed E-state index contributed by atoms with van der Waals surface area (Å²) in [6, 6.07) is 3.03. The number of nitro benzene ring substituents is 1. The van der Waals surface area contributed by atoms with Gasteiger partial charge in [0.05, 0.1) is 18.1 Å². The van der Waals surface area contributed by atoms with Crippen LogP contribution in [0.2, 0.25) is 0 Å². The van der Waals surface area contributed by atoms with Crippen molar-refractivity contribution in [3.63, 3.8) is 0 Å². The van der Waals surface area contributed by atoms with Gasteiger partial charge in [0.2, 0.25) is 0 Å². The molecule has 0 aromatic heterocycles. The van der Waals surface area contributed by atoms with Gasteiger partial charge in [0.15, 0.2) is 11.5 Å². The number of nitrogens with zero attached hydrogens (tertiary/aromatic N) is 1. The van der Waals surface area contributed by atoms with Crippen LogP contribution in [-0.4, -0.2) is 42.3 Å². The first kappa shape index (κ1) is 16.7. The molecule has 0 aliphatic heterocycles. The van der Waals surface area contributed by atoms with Gasteiger partial charge in [0.1, 0.15) is 12.6 Å². The predicted molar refractivity (Wildman–Crippen MR) is 74.9 cm³/mol. The molecule has 0 bridgehead atoms. The van der Waals surface area contributed by atoms with E-state index < -0.39 is 16.9 Å². The first-order valence-electron chi connectivity index (χ1n) is 6.41. The highest BCUT2D eigenvalue weighted by atomic mass is 16.6. The van der Waals surface area contributed by atoms with E-state index in [2.05, 4.69) is 5.32 Å². The van der Waals surface area contributed by atoms with Crippen molar-refractivity contribution in [2.45, 2.75) is 19.4 Å². The Morgan fingerprint density at radius 2 is 2.19 bits per heavy atom. The van der Waals surface area contributed by atoms with Crippen molar-refractivity contribution in [1.29, 1.82) is 0 Å². The molecule has 0 saturated heterocycles. The first-order valence-corrected chi connectivity index (χ1v) is 6.41. The highest BCUT2D eigenvalue weighted by molar-refractivity contribution is 5.73. The monoisotopic (exact) mass is 298 g/mol. The number of hydrogen-bond donors (Lipinski definition) is 2. The zero-order chi connectivity index (χ0) is 15.8. The quantitative estimate of drug-likeness (QED) is 0.524. The molecule has 0 saturated carbocycles. The van der Waals surface area contributed by atoms with Crippen LogP contribution < -0.4 is 14.8 Å². The largest absolute Gasteiger partial charge is 0.493 e. The van der Waals surface area contributed by atoms with E-state index in [0.717, 1.165) is 6.42 Å². The molecule has 8 nitrogen and oxygen atoms in total. The van der Waals surface area contributed by atoms with Gasteiger partial charge in [-0.3, -0.25) is 14.9 Å². The second kappa shape index (κ2) is 8.05. The van der Waals surface area contributed by atoms with Gasteiger partial charge in [-0.2, -0.15) is 0 Å². The summed E-state index contributed by atoms with van der Waals surface area (Å²) in [5.41, 5.74) is -0.127. The van der Waals surface area contributed by atoms with Crippen LogP contribution in [0.15, 0.2) is 18.2 Å². The summed E-state index contributed by atoms with van der Waals surface area (Å²) in [5.74, 6) is -0.583. The van der Waals surface area contributed by atoms with E-state index in [1.165, 1.54) is 25.3 Å². The number of aliphatic carboxylic acids is 1. The molecule has 1 unspecified atom stereocenters. The fourth-order valence-corrected chi connectivity index (χ4v) is 1.60. The maximum atomic E-state index is 11.1. The number of carboxylic acid groups (broad SMARTS) is 1. The first-order chi connectivity index (χ1) is 9.99. The fraction of sp³-hybridized carbons (Fsp3) is 0.462. The molecule has 2 N–H and O–H groups in total. The smallest absolute Gasteiger partial charge is 0.324 e. The molecule has 21 heavy (non-hydrogen) atoms. The zero-order valence-electron chi connectivity index (χ0n) is 11.9. The number of nitrogens with one attached hydrogen (secondary N) is 1. The Balaban J connectivity index is 2.77. The van der Waals surface area contributed by atoms with Gasteiger partial charge in [0.25, 0.3) is 5.69 Å². The average molecular weight is 298 g/mol. The molecule has 0 spiro atoms. The van der Waals surface area contributed by atoms with E-state index >= 15 is 0 Å². The van der Waals surface area contributed by atoms with E-state index in [4.69, 9.17) is 14.6 Å². The molecule has 0 aliphatic rings. The third-order valence-electron chi connectivity index (χ3n) is 2.70. The zero-order valence-corrected chi connectivity index (χ0v) is 11.9. The molecule has 1 rings (SSSR count). The Morgan fingerprint density at radius 1 is 1.48 bits per heavy atom. The molecule has 116 valence electrons. The Hall–Kier alpha value is -2.35. The number of benzene rings is 1. The Bertz CT molecular complexity index is 505. The molecule has 0 fully saturated rings. The van der Waals surface area contributed by atoms with Gasteiger partial charge in [-0.25, -0.2) is 0 Å². The average Bonchev–Trinajstić information content (AvgIpc) is 2.46. The molecular weight excluding hydrogens is 280 g/mol. The van der Waals surface area contributed by atoms with Crippen LogP contribution in [0.3, 0.4) is 0 Å². The minimum atomic E-state index is -1.02. The third-order valence-corrected chi connectivity index (χ3v) is 2.70. The minimum absolute atomic E-state index is 0.108. The van der Waals surface area contributed by atoms with Crippen molar-refractivity contribution >= 4 is 11.7 Å². The SMILES string of the molecule is CCCNC(COc1ccc([N+](=O)[O-])cc1OC)C(=O)O. The molecule has 0 amide bonds. The summed E-state index contributed by atoms with van der Waals surface area (Å²) in [6.07, 6.45) is 0.796. The van der Waals surface area contributed by atoms with Gasteiger partial charge in [0, 0.05) is 6.07 Å². The van der Waals surface area contributed by atoms with Crippen LogP contribution in [0.25, 0.3) is 0 Å². The third kappa shape index (κ3) is 4.92. The molecule has 1 aromatic carbocycles. The number of nitro groups is 1. The topological polar surface area (TPSA) is 111 Å². The molecule has 1 aromatic rings. The molecule has 1 atom stereocenters. The van der Waals surface area contributed by atoms with Crippen molar-refractivity contribution in [3.8, 4) is 11.5 Å². The van der Waals surface area contributed by atoms with Crippen LogP contribution >= 0.6 is 0 Å². The lowest BCUT2D eigenvalue weighted by Gasteiger charge is -2.16. The maximum absolute atomic E-state index is 11.1. The predicted octanol–water partition coefficient (Wildman–Crippen LogP) is 1.43. The summed E-state index contributed by atoms with van der Waals surface area (Å²) >= 11 is 0. The minimum Gasteiger partial charge on any atom is -0.493 e. The van der Waals surface area contributed by atoms with Crippen molar-refractivity contribution < 1.29 is 24.3 Å². The molecule has 0 radical (unpaired) electrons.